The van der Waals surface area contributed by atoms with E-state index >= 15 is 0 Å². The zero-order valence-electron chi connectivity index (χ0n) is 13.5. The number of halogens is 1. The fraction of sp³-hybridized carbons (Fsp3) is 0.588. The lowest BCUT2D eigenvalue weighted by atomic mass is 9.93. The van der Waals surface area contributed by atoms with Crippen molar-refractivity contribution in [2.75, 3.05) is 13.1 Å². The summed E-state index contributed by atoms with van der Waals surface area (Å²) < 4.78 is 6.09. The molecular weight excluding hydrogens is 300 g/mol. The van der Waals surface area contributed by atoms with Crippen LogP contribution in [0.2, 0.25) is 0 Å². The van der Waals surface area contributed by atoms with Crippen LogP contribution in [0.25, 0.3) is 0 Å². The molecule has 0 heterocycles. The summed E-state index contributed by atoms with van der Waals surface area (Å²) in [6, 6.07) is 7.86. The molecule has 2 rings (SSSR count). The van der Waals surface area contributed by atoms with E-state index in [9.17, 15) is 4.79 Å². The van der Waals surface area contributed by atoms with Crippen molar-refractivity contribution < 1.29 is 9.53 Å². The van der Waals surface area contributed by atoms with Crippen LogP contribution >= 0.6 is 12.4 Å². The second-order valence-electron chi connectivity index (χ2n) is 5.63. The average Bonchev–Trinajstić information content (AvgIpc) is 2.51. The van der Waals surface area contributed by atoms with Gasteiger partial charge in [0.2, 0.25) is 0 Å². The molecule has 1 amide bonds. The second kappa shape index (κ2) is 9.01. The molecule has 1 fully saturated rings. The molecule has 0 saturated heterocycles. The van der Waals surface area contributed by atoms with Crippen LogP contribution < -0.4 is 10.5 Å². The summed E-state index contributed by atoms with van der Waals surface area (Å²) in [6.45, 7) is 5.41. The Labute approximate surface area is 139 Å². The van der Waals surface area contributed by atoms with Gasteiger partial charge in [-0.3, -0.25) is 4.79 Å². The smallest absolute Gasteiger partial charge is 0.257 e. The minimum absolute atomic E-state index is 0. The first-order chi connectivity index (χ1) is 10.2. The SMILES string of the molecule is CCN(CC)C(=O)c1ccccc1OC1CCC(N)CC1.Cl. The maximum absolute atomic E-state index is 12.5. The van der Waals surface area contributed by atoms with E-state index in [1.54, 1.807) is 0 Å². The first-order valence-electron chi connectivity index (χ1n) is 7.96. The first kappa shape index (κ1) is 18.8. The lowest BCUT2D eigenvalue weighted by Gasteiger charge is -2.28. The topological polar surface area (TPSA) is 55.6 Å². The van der Waals surface area contributed by atoms with Crippen molar-refractivity contribution in [3.8, 4) is 5.75 Å². The van der Waals surface area contributed by atoms with E-state index < -0.39 is 0 Å². The first-order valence-corrected chi connectivity index (χ1v) is 7.96. The fourth-order valence-corrected chi connectivity index (χ4v) is 2.81. The molecule has 0 radical (unpaired) electrons. The Hall–Kier alpha value is -1.26. The third-order valence-corrected chi connectivity index (χ3v) is 4.18. The van der Waals surface area contributed by atoms with Crippen molar-refractivity contribution in [3.63, 3.8) is 0 Å². The molecule has 22 heavy (non-hydrogen) atoms. The van der Waals surface area contributed by atoms with Crippen molar-refractivity contribution in [1.82, 2.24) is 4.90 Å². The zero-order chi connectivity index (χ0) is 15.2. The zero-order valence-corrected chi connectivity index (χ0v) is 14.3. The molecule has 0 bridgehead atoms. The molecule has 5 heteroatoms. The lowest BCUT2D eigenvalue weighted by molar-refractivity contribution is 0.0761. The van der Waals surface area contributed by atoms with E-state index in [2.05, 4.69) is 0 Å². The molecule has 1 aliphatic carbocycles. The number of nitrogens with two attached hydrogens (primary N) is 1. The number of hydrogen-bond acceptors (Lipinski definition) is 3. The van der Waals surface area contributed by atoms with Crippen molar-refractivity contribution in [3.05, 3.63) is 29.8 Å². The third-order valence-electron chi connectivity index (χ3n) is 4.18. The number of carbonyl (C=O) groups is 1. The van der Waals surface area contributed by atoms with Gasteiger partial charge in [-0.25, -0.2) is 0 Å². The highest BCUT2D eigenvalue weighted by Gasteiger charge is 2.23. The number of benzene rings is 1. The van der Waals surface area contributed by atoms with Crippen LogP contribution in [0, 0.1) is 0 Å². The summed E-state index contributed by atoms with van der Waals surface area (Å²) >= 11 is 0. The van der Waals surface area contributed by atoms with Gasteiger partial charge in [-0.2, -0.15) is 0 Å². The largest absolute Gasteiger partial charge is 0.490 e. The fourth-order valence-electron chi connectivity index (χ4n) is 2.81. The molecule has 1 aromatic carbocycles. The summed E-state index contributed by atoms with van der Waals surface area (Å²) in [5.41, 5.74) is 6.59. The van der Waals surface area contributed by atoms with Gasteiger partial charge in [0.25, 0.3) is 5.91 Å². The van der Waals surface area contributed by atoms with Crippen LogP contribution in [0.5, 0.6) is 5.75 Å². The monoisotopic (exact) mass is 326 g/mol. The highest BCUT2D eigenvalue weighted by molar-refractivity contribution is 5.96. The van der Waals surface area contributed by atoms with E-state index in [-0.39, 0.29) is 24.4 Å². The van der Waals surface area contributed by atoms with Gasteiger partial charge in [-0.15, -0.1) is 12.4 Å². The van der Waals surface area contributed by atoms with Gasteiger partial charge in [0.05, 0.1) is 11.7 Å². The molecule has 0 unspecified atom stereocenters. The molecule has 0 aromatic heterocycles. The Balaban J connectivity index is 0.00000242. The van der Waals surface area contributed by atoms with Crippen LogP contribution in [0.15, 0.2) is 24.3 Å². The van der Waals surface area contributed by atoms with Crippen LogP contribution in [0.4, 0.5) is 0 Å². The number of carbonyl (C=O) groups excluding carboxylic acids is 1. The number of amides is 1. The van der Waals surface area contributed by atoms with E-state index in [1.807, 2.05) is 43.0 Å². The number of rotatable bonds is 5. The number of para-hydroxylation sites is 1. The molecule has 1 saturated carbocycles. The van der Waals surface area contributed by atoms with Crippen molar-refractivity contribution in [2.45, 2.75) is 51.7 Å². The van der Waals surface area contributed by atoms with Crippen molar-refractivity contribution >= 4 is 18.3 Å². The predicted octanol–water partition coefficient (Wildman–Crippen LogP) is 3.24. The second-order valence-corrected chi connectivity index (χ2v) is 5.63. The van der Waals surface area contributed by atoms with Crippen molar-refractivity contribution in [1.29, 1.82) is 0 Å². The lowest BCUT2D eigenvalue weighted by Crippen LogP contribution is -2.33. The van der Waals surface area contributed by atoms with Gasteiger partial charge >= 0.3 is 0 Å². The molecule has 0 aliphatic heterocycles. The normalized spacial score (nSPS) is 20.9. The van der Waals surface area contributed by atoms with E-state index in [4.69, 9.17) is 10.5 Å². The van der Waals surface area contributed by atoms with Gasteiger partial charge in [0.15, 0.2) is 0 Å². The Bertz CT molecular complexity index is 469. The molecular formula is C17H27ClN2O2. The highest BCUT2D eigenvalue weighted by atomic mass is 35.5. The third kappa shape index (κ3) is 4.62. The maximum Gasteiger partial charge on any atom is 0.257 e. The summed E-state index contributed by atoms with van der Waals surface area (Å²) in [5.74, 6) is 0.748. The summed E-state index contributed by atoms with van der Waals surface area (Å²) in [4.78, 5) is 14.4. The van der Waals surface area contributed by atoms with Crippen LogP contribution in [0.1, 0.15) is 49.9 Å². The average molecular weight is 327 g/mol. The standard InChI is InChI=1S/C17H26N2O2.ClH/c1-3-19(4-2)17(20)15-7-5-6-8-16(15)21-14-11-9-13(18)10-12-14;/h5-8,13-14H,3-4,9-12,18H2,1-2H3;1H. The van der Waals surface area contributed by atoms with Gasteiger partial charge in [-0.05, 0) is 51.7 Å². The highest BCUT2D eigenvalue weighted by Crippen LogP contribution is 2.26. The molecule has 1 aromatic rings. The quantitative estimate of drug-likeness (QED) is 0.903. The molecule has 4 nitrogen and oxygen atoms in total. The molecule has 2 N–H and O–H groups in total. The Morgan fingerprint density at radius 1 is 1.18 bits per heavy atom. The van der Waals surface area contributed by atoms with Crippen LogP contribution in [-0.4, -0.2) is 36.0 Å². The minimum atomic E-state index is 0. The van der Waals surface area contributed by atoms with Crippen LogP contribution in [-0.2, 0) is 0 Å². The minimum Gasteiger partial charge on any atom is -0.490 e. The van der Waals surface area contributed by atoms with Gasteiger partial charge in [-0.1, -0.05) is 12.1 Å². The summed E-state index contributed by atoms with van der Waals surface area (Å²) in [5, 5.41) is 0. The van der Waals surface area contributed by atoms with Gasteiger partial charge in [0, 0.05) is 19.1 Å². The Kier molecular flexibility index (Phi) is 7.69. The predicted molar refractivity (Wildman–Crippen MR) is 91.8 cm³/mol. The Morgan fingerprint density at radius 3 is 2.36 bits per heavy atom. The van der Waals surface area contributed by atoms with E-state index in [1.165, 1.54) is 0 Å². The van der Waals surface area contributed by atoms with Gasteiger partial charge < -0.3 is 15.4 Å². The van der Waals surface area contributed by atoms with Gasteiger partial charge in [0.1, 0.15) is 5.75 Å². The van der Waals surface area contributed by atoms with E-state index in [0.717, 1.165) is 25.7 Å². The molecule has 0 atom stereocenters. The number of nitrogens with zero attached hydrogens (tertiary/aromatic N) is 1. The number of hydrogen-bond donors (Lipinski definition) is 1. The molecule has 1 aliphatic rings. The summed E-state index contributed by atoms with van der Waals surface area (Å²) in [7, 11) is 0. The van der Waals surface area contributed by atoms with Crippen LogP contribution in [0.3, 0.4) is 0 Å². The van der Waals surface area contributed by atoms with E-state index in [0.29, 0.717) is 30.4 Å². The molecule has 124 valence electrons. The molecule has 0 spiro atoms. The number of ether oxygens (including phenoxy) is 1. The van der Waals surface area contributed by atoms with Crippen molar-refractivity contribution in [2.24, 2.45) is 5.73 Å². The maximum atomic E-state index is 12.5. The Morgan fingerprint density at radius 2 is 1.77 bits per heavy atom. The summed E-state index contributed by atoms with van der Waals surface area (Å²) in [6.07, 6.45) is 4.10.